The highest BCUT2D eigenvalue weighted by Gasteiger charge is 2.37. The van der Waals surface area contributed by atoms with Crippen LogP contribution in [0.15, 0.2) is 47.3 Å². The Morgan fingerprint density at radius 2 is 1.89 bits per heavy atom. The van der Waals surface area contributed by atoms with Crippen LogP contribution in [-0.4, -0.2) is 46.2 Å². The van der Waals surface area contributed by atoms with Gasteiger partial charge in [-0.1, -0.05) is 35.3 Å². The fourth-order valence-electron chi connectivity index (χ4n) is 3.88. The Morgan fingerprint density at radius 1 is 1.17 bits per heavy atom. The SMILES string of the molecule is COc1ccccc1-n1c(N[C@H](C)C(F)(F)F)nc2c(c1=O)CCN(C(=O)c1ccc(Cl)c(Cl)c1)C2. The van der Waals surface area contributed by atoms with Crippen molar-refractivity contribution in [2.75, 3.05) is 19.0 Å². The summed E-state index contributed by atoms with van der Waals surface area (Å²) in [6.07, 6.45) is -4.42. The first kappa shape index (κ1) is 25.8. The summed E-state index contributed by atoms with van der Waals surface area (Å²) in [5, 5.41) is 2.83. The zero-order chi connectivity index (χ0) is 26.2. The number of rotatable bonds is 5. The molecule has 1 aromatic heterocycles. The van der Waals surface area contributed by atoms with Crippen molar-refractivity contribution in [3.63, 3.8) is 0 Å². The minimum absolute atomic E-state index is 0.0640. The van der Waals surface area contributed by atoms with Crippen LogP contribution in [-0.2, 0) is 13.0 Å². The Labute approximate surface area is 214 Å². The summed E-state index contributed by atoms with van der Waals surface area (Å²) < 4.78 is 46.6. The van der Waals surface area contributed by atoms with E-state index in [1.165, 1.54) is 30.2 Å². The lowest BCUT2D eigenvalue weighted by molar-refractivity contribution is -0.138. The van der Waals surface area contributed by atoms with Gasteiger partial charge in [0.1, 0.15) is 11.8 Å². The van der Waals surface area contributed by atoms with Gasteiger partial charge in [0, 0.05) is 17.7 Å². The quantitative estimate of drug-likeness (QED) is 0.486. The van der Waals surface area contributed by atoms with E-state index in [9.17, 15) is 22.8 Å². The molecule has 3 aromatic rings. The lowest BCUT2D eigenvalue weighted by Gasteiger charge is -2.30. The first-order valence-electron chi connectivity index (χ1n) is 10.9. The Bertz CT molecular complexity index is 1380. The number of aromatic nitrogens is 2. The molecule has 0 bridgehead atoms. The second-order valence-electron chi connectivity index (χ2n) is 8.19. The maximum absolute atomic E-state index is 13.6. The van der Waals surface area contributed by atoms with Gasteiger partial charge in [-0.3, -0.25) is 9.59 Å². The summed E-state index contributed by atoms with van der Waals surface area (Å²) in [7, 11) is 1.40. The van der Waals surface area contributed by atoms with Crippen LogP contribution in [0.3, 0.4) is 0 Å². The normalized spacial score (nSPS) is 14.2. The molecule has 1 aliphatic heterocycles. The monoisotopic (exact) mass is 540 g/mol. The predicted molar refractivity (Wildman–Crippen MR) is 130 cm³/mol. The number of methoxy groups -OCH3 is 1. The molecular formula is C24H21Cl2F3N4O3. The molecule has 4 rings (SSSR count). The van der Waals surface area contributed by atoms with Crippen LogP contribution >= 0.6 is 23.2 Å². The van der Waals surface area contributed by atoms with Crippen molar-refractivity contribution in [3.8, 4) is 11.4 Å². The van der Waals surface area contributed by atoms with E-state index in [1.807, 2.05) is 0 Å². The number of halogens is 5. The van der Waals surface area contributed by atoms with E-state index in [4.69, 9.17) is 27.9 Å². The minimum atomic E-state index is -4.59. The summed E-state index contributed by atoms with van der Waals surface area (Å²) in [6.45, 7) is 1.07. The van der Waals surface area contributed by atoms with Crippen LogP contribution in [0.5, 0.6) is 5.75 Å². The van der Waals surface area contributed by atoms with E-state index in [0.717, 1.165) is 11.5 Å². The third-order valence-corrected chi connectivity index (χ3v) is 6.59. The molecule has 2 aromatic carbocycles. The Hall–Kier alpha value is -3.24. The number of fused-ring (bicyclic) bond motifs is 1. The molecule has 36 heavy (non-hydrogen) atoms. The second kappa shape index (κ2) is 10.0. The number of nitrogens with zero attached hydrogens (tertiary/aromatic N) is 3. The molecule has 1 aliphatic rings. The number of nitrogens with one attached hydrogen (secondary N) is 1. The molecular weight excluding hydrogens is 520 g/mol. The smallest absolute Gasteiger partial charge is 0.408 e. The van der Waals surface area contributed by atoms with E-state index in [0.29, 0.717) is 16.1 Å². The van der Waals surface area contributed by atoms with Gasteiger partial charge in [0.15, 0.2) is 0 Å². The lowest BCUT2D eigenvalue weighted by atomic mass is 10.0. The average molecular weight is 541 g/mol. The fourth-order valence-corrected chi connectivity index (χ4v) is 4.18. The topological polar surface area (TPSA) is 76.5 Å². The van der Waals surface area contributed by atoms with Crippen LogP contribution in [0.4, 0.5) is 19.1 Å². The maximum Gasteiger partial charge on any atom is 0.408 e. The van der Waals surface area contributed by atoms with Crippen LogP contribution in [0.2, 0.25) is 10.0 Å². The van der Waals surface area contributed by atoms with Gasteiger partial charge in [0.05, 0.1) is 35.1 Å². The first-order valence-corrected chi connectivity index (χ1v) is 11.6. The molecule has 0 radical (unpaired) electrons. The van der Waals surface area contributed by atoms with Crippen LogP contribution in [0.1, 0.15) is 28.5 Å². The van der Waals surface area contributed by atoms with Gasteiger partial charge in [-0.15, -0.1) is 0 Å². The molecule has 0 fully saturated rings. The Kier molecular flexibility index (Phi) is 7.19. The molecule has 2 heterocycles. The van der Waals surface area contributed by atoms with E-state index in [1.54, 1.807) is 24.3 Å². The van der Waals surface area contributed by atoms with Crippen LogP contribution in [0.25, 0.3) is 5.69 Å². The number of carbonyl (C=O) groups is 1. The molecule has 0 saturated heterocycles. The van der Waals surface area contributed by atoms with Gasteiger partial charge in [-0.25, -0.2) is 9.55 Å². The third-order valence-electron chi connectivity index (χ3n) is 5.85. The zero-order valence-electron chi connectivity index (χ0n) is 19.2. The first-order chi connectivity index (χ1) is 17.0. The highest BCUT2D eigenvalue weighted by atomic mass is 35.5. The van der Waals surface area contributed by atoms with Crippen molar-refractivity contribution in [1.29, 1.82) is 0 Å². The molecule has 0 saturated carbocycles. The number of carbonyl (C=O) groups excluding carboxylic acids is 1. The molecule has 12 heteroatoms. The number of para-hydroxylation sites is 2. The molecule has 190 valence electrons. The Morgan fingerprint density at radius 3 is 2.56 bits per heavy atom. The van der Waals surface area contributed by atoms with Crippen molar-refractivity contribution in [2.24, 2.45) is 0 Å². The average Bonchev–Trinajstić information content (AvgIpc) is 2.84. The van der Waals surface area contributed by atoms with Crippen molar-refractivity contribution in [1.82, 2.24) is 14.5 Å². The summed E-state index contributed by atoms with van der Waals surface area (Å²) >= 11 is 12.0. The number of amides is 1. The third kappa shape index (κ3) is 5.01. The number of hydrogen-bond donors (Lipinski definition) is 1. The van der Waals surface area contributed by atoms with Crippen molar-refractivity contribution < 1.29 is 22.7 Å². The molecule has 1 amide bonds. The lowest BCUT2D eigenvalue weighted by Crippen LogP contribution is -2.42. The maximum atomic E-state index is 13.6. The fraction of sp³-hybridized carbons (Fsp3) is 0.292. The molecule has 0 aliphatic carbocycles. The Balaban J connectivity index is 1.79. The summed E-state index contributed by atoms with van der Waals surface area (Å²) in [5.41, 5.74) is 0.515. The highest BCUT2D eigenvalue weighted by molar-refractivity contribution is 6.42. The molecule has 1 N–H and O–H groups in total. The van der Waals surface area contributed by atoms with E-state index in [2.05, 4.69) is 10.3 Å². The molecule has 0 unspecified atom stereocenters. The van der Waals surface area contributed by atoms with E-state index >= 15 is 0 Å². The molecule has 7 nitrogen and oxygen atoms in total. The van der Waals surface area contributed by atoms with Crippen molar-refractivity contribution in [2.45, 2.75) is 32.1 Å². The highest BCUT2D eigenvalue weighted by Crippen LogP contribution is 2.29. The minimum Gasteiger partial charge on any atom is -0.495 e. The largest absolute Gasteiger partial charge is 0.495 e. The molecule has 1 atom stereocenters. The standard InChI is InChI=1S/C24H21Cl2F3N4O3/c1-13(24(27,28)29)30-23-31-18-12-32(21(34)14-7-8-16(25)17(26)11-14)10-9-15(18)22(35)33(23)19-5-3-4-6-20(19)36-2/h3-8,11,13H,9-10,12H2,1-2H3,(H,30,31)/t13-/m1/s1. The van der Waals surface area contributed by atoms with Gasteiger partial charge in [0.25, 0.3) is 11.5 Å². The zero-order valence-corrected chi connectivity index (χ0v) is 20.7. The predicted octanol–water partition coefficient (Wildman–Crippen LogP) is 5.11. The number of ether oxygens (including phenoxy) is 1. The van der Waals surface area contributed by atoms with E-state index < -0.39 is 17.8 Å². The second-order valence-corrected chi connectivity index (χ2v) is 9.00. The van der Waals surface area contributed by atoms with Gasteiger partial charge in [-0.2, -0.15) is 13.2 Å². The number of anilines is 1. The summed E-state index contributed by atoms with van der Waals surface area (Å²) in [6, 6.07) is 8.93. The van der Waals surface area contributed by atoms with Crippen molar-refractivity contribution >= 4 is 35.1 Å². The summed E-state index contributed by atoms with van der Waals surface area (Å²) in [4.78, 5) is 32.5. The number of alkyl halides is 3. The van der Waals surface area contributed by atoms with Gasteiger partial charge >= 0.3 is 6.18 Å². The number of hydrogen-bond acceptors (Lipinski definition) is 5. The van der Waals surface area contributed by atoms with E-state index in [-0.39, 0.29) is 53.5 Å². The summed E-state index contributed by atoms with van der Waals surface area (Å²) in [5.74, 6) is -0.388. The van der Waals surface area contributed by atoms with Gasteiger partial charge < -0.3 is 15.0 Å². The van der Waals surface area contributed by atoms with Crippen LogP contribution < -0.4 is 15.6 Å². The van der Waals surface area contributed by atoms with Crippen molar-refractivity contribution in [3.05, 3.63) is 79.7 Å². The number of benzene rings is 2. The van der Waals surface area contributed by atoms with Crippen LogP contribution in [0, 0.1) is 0 Å². The van der Waals surface area contributed by atoms with Gasteiger partial charge in [0.2, 0.25) is 5.95 Å². The molecule has 0 spiro atoms. The van der Waals surface area contributed by atoms with Gasteiger partial charge in [-0.05, 0) is 43.7 Å².